The summed E-state index contributed by atoms with van der Waals surface area (Å²) in [7, 11) is 3.31. The Labute approximate surface area is 250 Å². The molecule has 1 N–H and O–H groups in total. The van der Waals surface area contributed by atoms with Crippen LogP contribution in [0.1, 0.15) is 59.6 Å². The van der Waals surface area contributed by atoms with Crippen LogP contribution in [0.4, 0.5) is 4.39 Å². The Morgan fingerprint density at radius 3 is 2.44 bits per heavy atom. The molecule has 0 spiro atoms. The first-order valence-electron chi connectivity index (χ1n) is 14.6. The zero-order valence-electron chi connectivity index (χ0n) is 24.7. The Bertz CT molecular complexity index is 1490. The summed E-state index contributed by atoms with van der Waals surface area (Å²) in [4.78, 5) is 11.2. The Morgan fingerprint density at radius 2 is 1.79 bits per heavy atom. The third-order valence-corrected chi connectivity index (χ3v) is 8.48. The summed E-state index contributed by atoms with van der Waals surface area (Å²) in [5, 5.41) is 9.20. The molecule has 2 aliphatic heterocycles. The maximum absolute atomic E-state index is 15.5. The highest BCUT2D eigenvalue weighted by Crippen LogP contribution is 2.46. The van der Waals surface area contributed by atoms with Crippen LogP contribution in [0.25, 0.3) is 11.1 Å². The van der Waals surface area contributed by atoms with Gasteiger partial charge in [0, 0.05) is 42.7 Å². The summed E-state index contributed by atoms with van der Waals surface area (Å²) in [6.07, 6.45) is 0.789. The number of halogens is 1. The lowest BCUT2D eigenvalue weighted by molar-refractivity contribution is -0.137. The Kier molecular flexibility index (Phi) is 8.31. The van der Waals surface area contributed by atoms with Crippen molar-refractivity contribution < 1.29 is 42.7 Å². The molecule has 1 saturated heterocycles. The van der Waals surface area contributed by atoms with Gasteiger partial charge in [-0.1, -0.05) is 19.1 Å². The summed E-state index contributed by atoms with van der Waals surface area (Å²) in [5.74, 6) is 0.551. The summed E-state index contributed by atoms with van der Waals surface area (Å²) in [6, 6.07) is 12.8. The highest BCUT2D eigenvalue weighted by Gasteiger charge is 2.35. The molecule has 0 aromatic heterocycles. The molecule has 2 heterocycles. The SMILES string of the molecule is COCc1cc(OCC2(C)COC2)cc(COC)c1-c1ccc(F)c2c1CC[C@H]2Oc1ccc2c(c1)OCC2CC(=O)O. The normalized spacial score (nSPS) is 19.7. The van der Waals surface area contributed by atoms with Crippen LogP contribution < -0.4 is 14.2 Å². The fourth-order valence-corrected chi connectivity index (χ4v) is 6.39. The zero-order chi connectivity index (χ0) is 30.1. The molecule has 0 bridgehead atoms. The Morgan fingerprint density at radius 1 is 1.05 bits per heavy atom. The molecule has 3 aliphatic rings. The van der Waals surface area contributed by atoms with E-state index in [4.69, 9.17) is 28.4 Å². The van der Waals surface area contributed by atoms with E-state index in [2.05, 4.69) is 6.92 Å². The van der Waals surface area contributed by atoms with Gasteiger partial charge in [-0.05, 0) is 64.9 Å². The van der Waals surface area contributed by atoms with Crippen molar-refractivity contribution in [1.29, 1.82) is 0 Å². The van der Waals surface area contributed by atoms with Gasteiger partial charge in [-0.3, -0.25) is 4.79 Å². The van der Waals surface area contributed by atoms with Gasteiger partial charge >= 0.3 is 5.97 Å². The number of carboxylic acid groups (broad SMARTS) is 1. The number of rotatable bonds is 12. The molecule has 228 valence electrons. The second-order valence-corrected chi connectivity index (χ2v) is 12.0. The molecule has 1 fully saturated rings. The minimum Gasteiger partial charge on any atom is -0.493 e. The van der Waals surface area contributed by atoms with E-state index >= 15 is 4.39 Å². The number of ether oxygens (including phenoxy) is 6. The number of hydrogen-bond donors (Lipinski definition) is 1. The molecule has 1 unspecified atom stereocenters. The van der Waals surface area contributed by atoms with Crippen molar-refractivity contribution in [2.24, 2.45) is 5.41 Å². The van der Waals surface area contributed by atoms with Gasteiger partial charge in [0.2, 0.25) is 0 Å². The van der Waals surface area contributed by atoms with E-state index in [-0.39, 0.29) is 23.6 Å². The van der Waals surface area contributed by atoms with Crippen molar-refractivity contribution in [2.75, 3.05) is 40.6 Å². The van der Waals surface area contributed by atoms with Crippen LogP contribution in [0.15, 0.2) is 42.5 Å². The van der Waals surface area contributed by atoms with Crippen molar-refractivity contribution in [3.63, 3.8) is 0 Å². The highest BCUT2D eigenvalue weighted by molar-refractivity contribution is 5.77. The van der Waals surface area contributed by atoms with E-state index in [1.165, 1.54) is 6.07 Å². The average molecular weight is 593 g/mol. The van der Waals surface area contributed by atoms with E-state index < -0.39 is 12.1 Å². The maximum Gasteiger partial charge on any atom is 0.304 e. The summed E-state index contributed by atoms with van der Waals surface area (Å²) in [5.41, 5.74) is 6.08. The molecule has 0 radical (unpaired) electrons. The van der Waals surface area contributed by atoms with Gasteiger partial charge in [-0.25, -0.2) is 4.39 Å². The fourth-order valence-electron chi connectivity index (χ4n) is 6.39. The van der Waals surface area contributed by atoms with Crippen molar-refractivity contribution in [3.8, 4) is 28.4 Å². The number of fused-ring (bicyclic) bond motifs is 2. The monoisotopic (exact) mass is 592 g/mol. The fraction of sp³-hybridized carbons (Fsp3) is 0.441. The van der Waals surface area contributed by atoms with E-state index in [9.17, 15) is 9.90 Å². The lowest BCUT2D eigenvalue weighted by Gasteiger charge is -2.37. The van der Waals surface area contributed by atoms with Crippen LogP contribution in [0, 0.1) is 11.2 Å². The third-order valence-electron chi connectivity index (χ3n) is 8.48. The lowest BCUT2D eigenvalue weighted by Crippen LogP contribution is -2.44. The quantitative estimate of drug-likeness (QED) is 0.265. The molecule has 1 aliphatic carbocycles. The van der Waals surface area contributed by atoms with E-state index in [1.54, 1.807) is 20.3 Å². The van der Waals surface area contributed by atoms with Gasteiger partial charge in [0.05, 0.1) is 46.1 Å². The molecule has 2 atom stereocenters. The van der Waals surface area contributed by atoms with Crippen LogP contribution in [-0.2, 0) is 38.6 Å². The van der Waals surface area contributed by atoms with Crippen molar-refractivity contribution >= 4 is 5.97 Å². The summed E-state index contributed by atoms with van der Waals surface area (Å²) >= 11 is 0. The minimum absolute atomic E-state index is 0.000557. The molecule has 3 aromatic carbocycles. The molecule has 9 heteroatoms. The van der Waals surface area contributed by atoms with Gasteiger partial charge in [-0.15, -0.1) is 0 Å². The standard InChI is InChI=1S/C34H37FO8/c1-34(17-40-18-34)19-42-24-10-21(14-38-2)32(22(11-24)15-39-3)26-6-8-28(35)33-27(26)7-9-29(33)43-23-4-5-25-20(12-31(36)37)16-41-30(25)13-23/h4-6,8,10-11,13,20,29H,7,9,12,14-19H2,1-3H3,(H,36,37)/t20?,29-/m1/s1. The van der Waals surface area contributed by atoms with Crippen LogP contribution >= 0.6 is 0 Å². The number of methoxy groups -OCH3 is 2. The summed E-state index contributed by atoms with van der Waals surface area (Å²) in [6.45, 7) is 5.07. The first-order valence-corrected chi connectivity index (χ1v) is 14.6. The van der Waals surface area contributed by atoms with Crippen molar-refractivity contribution in [1.82, 2.24) is 0 Å². The van der Waals surface area contributed by atoms with Gasteiger partial charge in [0.1, 0.15) is 29.2 Å². The largest absolute Gasteiger partial charge is 0.493 e. The summed E-state index contributed by atoms with van der Waals surface area (Å²) < 4.78 is 50.4. The average Bonchev–Trinajstić information content (AvgIpc) is 3.56. The minimum atomic E-state index is -0.863. The van der Waals surface area contributed by atoms with E-state index in [0.29, 0.717) is 69.5 Å². The second kappa shape index (κ2) is 12.1. The number of carboxylic acids is 1. The van der Waals surface area contributed by atoms with Crippen LogP contribution in [0.3, 0.4) is 0 Å². The van der Waals surface area contributed by atoms with Gasteiger partial charge in [0.15, 0.2) is 0 Å². The number of aliphatic carboxylic acids is 1. The molecule has 3 aromatic rings. The van der Waals surface area contributed by atoms with Crippen LogP contribution in [0.5, 0.6) is 17.2 Å². The van der Waals surface area contributed by atoms with Crippen LogP contribution in [0.2, 0.25) is 0 Å². The topological polar surface area (TPSA) is 92.7 Å². The Balaban J connectivity index is 1.31. The number of hydrogen-bond acceptors (Lipinski definition) is 7. The second-order valence-electron chi connectivity index (χ2n) is 12.0. The van der Waals surface area contributed by atoms with Gasteiger partial charge < -0.3 is 33.5 Å². The smallest absolute Gasteiger partial charge is 0.304 e. The third kappa shape index (κ3) is 5.94. The van der Waals surface area contributed by atoms with Gasteiger partial charge in [-0.2, -0.15) is 0 Å². The maximum atomic E-state index is 15.5. The molecular weight excluding hydrogens is 555 g/mol. The molecule has 6 rings (SSSR count). The molecule has 0 saturated carbocycles. The first kappa shape index (κ1) is 29.4. The van der Waals surface area contributed by atoms with E-state index in [1.807, 2.05) is 30.3 Å². The lowest BCUT2D eigenvalue weighted by atomic mass is 9.89. The highest BCUT2D eigenvalue weighted by atomic mass is 19.1. The van der Waals surface area contributed by atoms with Gasteiger partial charge in [0.25, 0.3) is 0 Å². The number of carbonyl (C=O) groups is 1. The van der Waals surface area contributed by atoms with Crippen molar-refractivity contribution in [3.05, 3.63) is 76.1 Å². The van der Waals surface area contributed by atoms with Crippen LogP contribution in [-0.4, -0.2) is 51.7 Å². The first-order chi connectivity index (χ1) is 20.8. The molecule has 43 heavy (non-hydrogen) atoms. The molecular formula is C34H37FO8. The predicted octanol–water partition coefficient (Wildman–Crippen LogP) is 6.22. The van der Waals surface area contributed by atoms with Crippen molar-refractivity contribution in [2.45, 2.75) is 51.4 Å². The molecule has 8 nitrogen and oxygen atoms in total. The molecule has 0 amide bonds. The zero-order valence-corrected chi connectivity index (χ0v) is 24.7. The predicted molar refractivity (Wildman–Crippen MR) is 156 cm³/mol. The van der Waals surface area contributed by atoms with E-state index in [0.717, 1.165) is 39.1 Å². The number of benzene rings is 3. The Hall–Kier alpha value is -3.66.